The Kier molecular flexibility index (Phi) is 2.91. The molecule has 0 radical (unpaired) electrons. The number of nitrogens with one attached hydrogen (secondary N) is 1. The van der Waals surface area contributed by atoms with E-state index in [2.05, 4.69) is 5.32 Å². The molecule has 2 aliphatic rings. The van der Waals surface area contributed by atoms with Gasteiger partial charge in [0.25, 0.3) is 0 Å². The summed E-state index contributed by atoms with van der Waals surface area (Å²) in [5.41, 5.74) is 1.01. The van der Waals surface area contributed by atoms with Gasteiger partial charge in [0.1, 0.15) is 0 Å². The summed E-state index contributed by atoms with van der Waals surface area (Å²) < 4.78 is 0. The minimum Gasteiger partial charge on any atom is -0.324 e. The van der Waals surface area contributed by atoms with Crippen molar-refractivity contribution >= 4 is 34.9 Å². The minimum atomic E-state index is -0.0806. The number of amides is 2. The van der Waals surface area contributed by atoms with Gasteiger partial charge in [-0.3, -0.25) is 0 Å². The number of hydrogen-bond donors (Lipinski definition) is 1. The molecule has 1 aromatic rings. The van der Waals surface area contributed by atoms with Gasteiger partial charge in [0.2, 0.25) is 0 Å². The van der Waals surface area contributed by atoms with Crippen LogP contribution in [0.2, 0.25) is 10.0 Å². The average Bonchev–Trinajstić information content (AvgIpc) is 2.94. The fourth-order valence-electron chi connectivity index (χ4n) is 2.48. The molecule has 2 fully saturated rings. The summed E-state index contributed by atoms with van der Waals surface area (Å²) >= 11 is 11.9. The molecule has 5 heteroatoms. The van der Waals surface area contributed by atoms with Gasteiger partial charge in [0.05, 0.1) is 10.7 Å². The lowest BCUT2D eigenvalue weighted by Crippen LogP contribution is -2.33. The summed E-state index contributed by atoms with van der Waals surface area (Å²) in [7, 11) is 0. The summed E-state index contributed by atoms with van der Waals surface area (Å²) in [4.78, 5) is 14.0. The Labute approximate surface area is 116 Å². The molecule has 0 bridgehead atoms. The number of urea groups is 1. The highest BCUT2D eigenvalue weighted by Gasteiger charge is 2.48. The van der Waals surface area contributed by atoms with E-state index in [0.29, 0.717) is 21.1 Å². The van der Waals surface area contributed by atoms with Gasteiger partial charge >= 0.3 is 6.03 Å². The lowest BCUT2D eigenvalue weighted by Gasteiger charge is -2.17. The molecule has 1 saturated heterocycles. The van der Waals surface area contributed by atoms with E-state index in [0.717, 1.165) is 19.5 Å². The highest BCUT2D eigenvalue weighted by molar-refractivity contribution is 6.35. The Morgan fingerprint density at radius 3 is 2.72 bits per heavy atom. The Balaban J connectivity index is 1.68. The summed E-state index contributed by atoms with van der Waals surface area (Å²) in [6.07, 6.45) is 3.65. The first-order chi connectivity index (χ1) is 8.58. The number of nitrogens with zero attached hydrogens (tertiary/aromatic N) is 1. The van der Waals surface area contributed by atoms with Gasteiger partial charge in [-0.05, 0) is 42.9 Å². The summed E-state index contributed by atoms with van der Waals surface area (Å²) in [5.74, 6) is 0. The Morgan fingerprint density at radius 1 is 1.28 bits per heavy atom. The molecule has 1 aromatic carbocycles. The molecule has 2 amide bonds. The lowest BCUT2D eigenvalue weighted by molar-refractivity contribution is 0.220. The number of anilines is 1. The molecule has 3 rings (SSSR count). The van der Waals surface area contributed by atoms with Crippen molar-refractivity contribution in [2.45, 2.75) is 19.3 Å². The van der Waals surface area contributed by atoms with Gasteiger partial charge in [-0.25, -0.2) is 4.79 Å². The number of likely N-dealkylation sites (tertiary alicyclic amines) is 1. The first-order valence-corrected chi connectivity index (χ1v) is 6.85. The molecular weight excluding hydrogens is 271 g/mol. The van der Waals surface area contributed by atoms with E-state index in [1.807, 2.05) is 4.90 Å². The van der Waals surface area contributed by atoms with Crippen molar-refractivity contribution in [3.05, 3.63) is 28.2 Å². The van der Waals surface area contributed by atoms with Gasteiger partial charge in [-0.15, -0.1) is 0 Å². The van der Waals surface area contributed by atoms with E-state index >= 15 is 0 Å². The fourth-order valence-corrected chi connectivity index (χ4v) is 2.82. The van der Waals surface area contributed by atoms with Gasteiger partial charge in [-0.1, -0.05) is 23.2 Å². The maximum atomic E-state index is 12.1. The third-order valence-corrected chi connectivity index (χ3v) is 4.42. The second-order valence-electron chi connectivity index (χ2n) is 5.23. The molecule has 1 spiro atoms. The number of hydrogen-bond acceptors (Lipinski definition) is 1. The van der Waals surface area contributed by atoms with Crippen LogP contribution in [0.4, 0.5) is 10.5 Å². The first-order valence-electron chi connectivity index (χ1n) is 6.09. The normalized spacial score (nSPS) is 20.2. The van der Waals surface area contributed by atoms with E-state index in [-0.39, 0.29) is 6.03 Å². The molecule has 3 nitrogen and oxygen atoms in total. The number of benzene rings is 1. The quantitative estimate of drug-likeness (QED) is 0.830. The molecule has 0 aromatic heterocycles. The SMILES string of the molecule is O=C(Nc1cc(Cl)ccc1Cl)N1CCC2(CC2)C1. The summed E-state index contributed by atoms with van der Waals surface area (Å²) in [5, 5.41) is 3.90. The highest BCUT2D eigenvalue weighted by atomic mass is 35.5. The van der Waals surface area contributed by atoms with Crippen molar-refractivity contribution in [2.24, 2.45) is 5.41 Å². The largest absolute Gasteiger partial charge is 0.324 e. The number of rotatable bonds is 1. The van der Waals surface area contributed by atoms with Crippen LogP contribution in [-0.2, 0) is 0 Å². The molecule has 1 heterocycles. The van der Waals surface area contributed by atoms with Gasteiger partial charge in [0, 0.05) is 18.1 Å². The highest BCUT2D eigenvalue weighted by Crippen LogP contribution is 2.52. The molecule has 0 unspecified atom stereocenters. The minimum absolute atomic E-state index is 0.0806. The van der Waals surface area contributed by atoms with Crippen molar-refractivity contribution in [1.29, 1.82) is 0 Å². The van der Waals surface area contributed by atoms with Crippen molar-refractivity contribution in [1.82, 2.24) is 4.90 Å². The van der Waals surface area contributed by atoms with Gasteiger partial charge in [-0.2, -0.15) is 0 Å². The molecule has 96 valence electrons. The molecule has 1 saturated carbocycles. The van der Waals surface area contributed by atoms with Crippen molar-refractivity contribution in [3.8, 4) is 0 Å². The maximum Gasteiger partial charge on any atom is 0.321 e. The third kappa shape index (κ3) is 2.29. The van der Waals surface area contributed by atoms with Crippen LogP contribution in [0.25, 0.3) is 0 Å². The zero-order valence-electron chi connectivity index (χ0n) is 9.88. The summed E-state index contributed by atoms with van der Waals surface area (Å²) in [6, 6.07) is 4.98. The van der Waals surface area contributed by atoms with Crippen LogP contribution in [0, 0.1) is 5.41 Å². The Bertz CT molecular complexity index is 500. The number of halogens is 2. The molecule has 1 aliphatic heterocycles. The average molecular weight is 285 g/mol. The van der Waals surface area contributed by atoms with Crippen LogP contribution in [0.1, 0.15) is 19.3 Å². The topological polar surface area (TPSA) is 32.3 Å². The monoisotopic (exact) mass is 284 g/mol. The van der Waals surface area contributed by atoms with E-state index in [9.17, 15) is 4.79 Å². The molecule has 18 heavy (non-hydrogen) atoms. The van der Waals surface area contributed by atoms with E-state index < -0.39 is 0 Å². The van der Waals surface area contributed by atoms with Crippen LogP contribution in [-0.4, -0.2) is 24.0 Å². The molecule has 0 atom stereocenters. The summed E-state index contributed by atoms with van der Waals surface area (Å²) in [6.45, 7) is 1.71. The van der Waals surface area contributed by atoms with E-state index in [1.165, 1.54) is 12.8 Å². The van der Waals surface area contributed by atoms with E-state index in [1.54, 1.807) is 18.2 Å². The van der Waals surface area contributed by atoms with Crippen molar-refractivity contribution < 1.29 is 4.79 Å². The van der Waals surface area contributed by atoms with Gasteiger partial charge in [0.15, 0.2) is 0 Å². The predicted octanol–water partition coefficient (Wildman–Crippen LogP) is 4.01. The van der Waals surface area contributed by atoms with Crippen LogP contribution >= 0.6 is 23.2 Å². The van der Waals surface area contributed by atoms with E-state index in [4.69, 9.17) is 23.2 Å². The van der Waals surface area contributed by atoms with Crippen LogP contribution in [0.3, 0.4) is 0 Å². The second-order valence-corrected chi connectivity index (χ2v) is 6.07. The second kappa shape index (κ2) is 4.32. The number of carbonyl (C=O) groups is 1. The van der Waals surface area contributed by atoms with Gasteiger partial charge < -0.3 is 10.2 Å². The smallest absolute Gasteiger partial charge is 0.321 e. The van der Waals surface area contributed by atoms with Crippen LogP contribution < -0.4 is 5.32 Å². The molecular formula is C13H14Cl2N2O. The third-order valence-electron chi connectivity index (χ3n) is 3.85. The first kappa shape index (κ1) is 12.1. The Morgan fingerprint density at radius 2 is 2.06 bits per heavy atom. The van der Waals surface area contributed by atoms with Crippen molar-refractivity contribution in [3.63, 3.8) is 0 Å². The Hall–Kier alpha value is -0.930. The number of carbonyl (C=O) groups excluding carboxylic acids is 1. The lowest BCUT2D eigenvalue weighted by atomic mass is 10.1. The fraction of sp³-hybridized carbons (Fsp3) is 0.462. The maximum absolute atomic E-state index is 12.1. The standard InChI is InChI=1S/C13H14Cl2N2O/c14-9-1-2-10(15)11(7-9)16-12(18)17-6-5-13(8-17)3-4-13/h1-2,7H,3-6,8H2,(H,16,18). The molecule has 1 N–H and O–H groups in total. The van der Waals surface area contributed by atoms with Crippen molar-refractivity contribution in [2.75, 3.05) is 18.4 Å². The molecule has 1 aliphatic carbocycles. The zero-order chi connectivity index (χ0) is 12.8. The predicted molar refractivity (Wildman–Crippen MR) is 73.3 cm³/mol. The zero-order valence-corrected chi connectivity index (χ0v) is 11.4. The van der Waals surface area contributed by atoms with Crippen LogP contribution in [0.15, 0.2) is 18.2 Å². The van der Waals surface area contributed by atoms with Crippen LogP contribution in [0.5, 0.6) is 0 Å².